The maximum atomic E-state index is 12.0. The van der Waals surface area contributed by atoms with Gasteiger partial charge in [-0.05, 0) is 32.3 Å². The SMILES string of the molecule is CCCS(=O)(=O)N1CCC(NCc2ccnn2CC)CC1. The van der Waals surface area contributed by atoms with E-state index in [9.17, 15) is 8.42 Å². The molecule has 0 atom stereocenters. The van der Waals surface area contributed by atoms with E-state index in [1.165, 1.54) is 5.69 Å². The van der Waals surface area contributed by atoms with Gasteiger partial charge in [-0.15, -0.1) is 0 Å². The van der Waals surface area contributed by atoms with Crippen LogP contribution >= 0.6 is 0 Å². The minimum absolute atomic E-state index is 0.265. The lowest BCUT2D eigenvalue weighted by Gasteiger charge is -2.31. The quantitative estimate of drug-likeness (QED) is 0.821. The Morgan fingerprint density at radius 3 is 2.67 bits per heavy atom. The van der Waals surface area contributed by atoms with Crippen LogP contribution in [-0.2, 0) is 23.1 Å². The van der Waals surface area contributed by atoms with Gasteiger partial charge in [-0.3, -0.25) is 4.68 Å². The fourth-order valence-electron chi connectivity index (χ4n) is 2.77. The van der Waals surface area contributed by atoms with E-state index in [4.69, 9.17) is 0 Å². The first-order valence-corrected chi connectivity index (χ1v) is 9.39. The van der Waals surface area contributed by atoms with Crippen LogP contribution in [0.3, 0.4) is 0 Å². The minimum atomic E-state index is -3.03. The zero-order chi connectivity index (χ0) is 15.3. The fraction of sp³-hybridized carbons (Fsp3) is 0.786. The summed E-state index contributed by atoms with van der Waals surface area (Å²) in [6, 6.07) is 2.41. The van der Waals surface area contributed by atoms with E-state index in [0.717, 1.165) is 25.9 Å². The highest BCUT2D eigenvalue weighted by molar-refractivity contribution is 7.89. The normalized spacial score (nSPS) is 18.2. The van der Waals surface area contributed by atoms with E-state index in [1.807, 2.05) is 23.9 Å². The summed E-state index contributed by atoms with van der Waals surface area (Å²) in [6.07, 6.45) is 4.26. The van der Waals surface area contributed by atoms with Crippen molar-refractivity contribution in [2.45, 2.75) is 52.2 Å². The molecule has 0 amide bonds. The topological polar surface area (TPSA) is 67.2 Å². The molecule has 2 rings (SSSR count). The van der Waals surface area contributed by atoms with Crippen LogP contribution < -0.4 is 5.32 Å². The third-order valence-electron chi connectivity index (χ3n) is 3.99. The van der Waals surface area contributed by atoms with Gasteiger partial charge < -0.3 is 5.32 Å². The van der Waals surface area contributed by atoms with Gasteiger partial charge in [-0.2, -0.15) is 5.10 Å². The lowest BCUT2D eigenvalue weighted by molar-refractivity contribution is 0.287. The first-order chi connectivity index (χ1) is 10.1. The van der Waals surface area contributed by atoms with E-state index >= 15 is 0 Å². The standard InChI is InChI=1S/C14H26N4O2S/c1-3-11-21(19,20)17-9-6-13(7-10-17)15-12-14-5-8-16-18(14)4-2/h5,8,13,15H,3-4,6-7,9-12H2,1-2H3. The second-order valence-corrected chi connectivity index (χ2v) is 7.60. The second-order valence-electron chi connectivity index (χ2n) is 5.51. The molecule has 120 valence electrons. The monoisotopic (exact) mass is 314 g/mol. The van der Waals surface area contributed by atoms with Crippen LogP contribution in [0.15, 0.2) is 12.3 Å². The van der Waals surface area contributed by atoms with Gasteiger partial charge in [-0.1, -0.05) is 6.92 Å². The Morgan fingerprint density at radius 1 is 1.33 bits per heavy atom. The molecule has 6 nitrogen and oxygen atoms in total. The molecular weight excluding hydrogens is 288 g/mol. The van der Waals surface area contributed by atoms with Crippen molar-refractivity contribution in [2.24, 2.45) is 0 Å². The largest absolute Gasteiger partial charge is 0.308 e. The molecule has 2 heterocycles. The molecule has 1 fully saturated rings. The summed E-state index contributed by atoms with van der Waals surface area (Å²) in [4.78, 5) is 0. The number of hydrogen-bond donors (Lipinski definition) is 1. The van der Waals surface area contributed by atoms with Crippen molar-refractivity contribution in [3.8, 4) is 0 Å². The van der Waals surface area contributed by atoms with Gasteiger partial charge in [0.05, 0.1) is 11.4 Å². The first-order valence-electron chi connectivity index (χ1n) is 7.78. The van der Waals surface area contributed by atoms with E-state index in [0.29, 0.717) is 25.6 Å². The third kappa shape index (κ3) is 4.28. The average molecular weight is 314 g/mol. The first kappa shape index (κ1) is 16.5. The molecule has 1 aliphatic heterocycles. The number of rotatable bonds is 7. The molecule has 7 heteroatoms. The summed E-state index contributed by atoms with van der Waals surface area (Å²) < 4.78 is 27.7. The van der Waals surface area contributed by atoms with E-state index in [-0.39, 0.29) is 5.75 Å². The van der Waals surface area contributed by atoms with Gasteiger partial charge in [0.1, 0.15) is 0 Å². The number of sulfonamides is 1. The number of piperidine rings is 1. The molecule has 0 aromatic carbocycles. The van der Waals surface area contributed by atoms with Crippen LogP contribution in [0.2, 0.25) is 0 Å². The van der Waals surface area contributed by atoms with Crippen molar-refractivity contribution in [3.05, 3.63) is 18.0 Å². The summed E-state index contributed by atoms with van der Waals surface area (Å²) >= 11 is 0. The number of aryl methyl sites for hydroxylation is 1. The Labute approximate surface area is 127 Å². The summed E-state index contributed by atoms with van der Waals surface area (Å²) in [5.74, 6) is 0.265. The number of aromatic nitrogens is 2. The highest BCUT2D eigenvalue weighted by Crippen LogP contribution is 2.15. The zero-order valence-corrected chi connectivity index (χ0v) is 13.8. The van der Waals surface area contributed by atoms with Crippen molar-refractivity contribution in [2.75, 3.05) is 18.8 Å². The van der Waals surface area contributed by atoms with Crippen LogP contribution in [0, 0.1) is 0 Å². The van der Waals surface area contributed by atoms with Crippen LogP contribution in [0.4, 0.5) is 0 Å². The molecule has 0 spiro atoms. The molecule has 1 aliphatic rings. The maximum absolute atomic E-state index is 12.0. The van der Waals surface area contributed by atoms with Crippen LogP contribution in [0.25, 0.3) is 0 Å². The number of hydrogen-bond acceptors (Lipinski definition) is 4. The zero-order valence-electron chi connectivity index (χ0n) is 13.0. The molecule has 0 bridgehead atoms. The Balaban J connectivity index is 1.79. The molecule has 0 unspecified atom stereocenters. The maximum Gasteiger partial charge on any atom is 0.214 e. The lowest BCUT2D eigenvalue weighted by atomic mass is 10.1. The van der Waals surface area contributed by atoms with Crippen LogP contribution in [-0.4, -0.2) is 47.4 Å². The summed E-state index contributed by atoms with van der Waals surface area (Å²) in [5, 5.41) is 7.77. The van der Waals surface area contributed by atoms with Crippen molar-refractivity contribution in [1.29, 1.82) is 0 Å². The predicted molar refractivity (Wildman–Crippen MR) is 83.4 cm³/mol. The van der Waals surface area contributed by atoms with Crippen molar-refractivity contribution in [3.63, 3.8) is 0 Å². The summed E-state index contributed by atoms with van der Waals surface area (Å²) in [5.41, 5.74) is 1.18. The molecular formula is C14H26N4O2S. The number of nitrogens with one attached hydrogen (secondary N) is 1. The Hall–Kier alpha value is -0.920. The van der Waals surface area contributed by atoms with Gasteiger partial charge in [0.2, 0.25) is 10.0 Å². The third-order valence-corrected chi connectivity index (χ3v) is 6.06. The van der Waals surface area contributed by atoms with E-state index in [1.54, 1.807) is 4.31 Å². The van der Waals surface area contributed by atoms with Gasteiger partial charge in [0.25, 0.3) is 0 Å². The molecule has 1 aromatic heterocycles. The van der Waals surface area contributed by atoms with E-state index in [2.05, 4.69) is 17.3 Å². The Bertz CT molecular complexity index is 533. The molecule has 0 saturated carbocycles. The molecule has 1 N–H and O–H groups in total. The molecule has 0 aliphatic carbocycles. The van der Waals surface area contributed by atoms with E-state index < -0.39 is 10.0 Å². The van der Waals surface area contributed by atoms with Gasteiger partial charge in [0, 0.05) is 38.4 Å². The molecule has 0 radical (unpaired) electrons. The lowest BCUT2D eigenvalue weighted by Crippen LogP contribution is -2.45. The van der Waals surface area contributed by atoms with Gasteiger partial charge in [-0.25, -0.2) is 12.7 Å². The second kappa shape index (κ2) is 7.38. The predicted octanol–water partition coefficient (Wildman–Crippen LogP) is 1.20. The van der Waals surface area contributed by atoms with Gasteiger partial charge >= 0.3 is 0 Å². The summed E-state index contributed by atoms with van der Waals surface area (Å²) in [6.45, 7) is 6.91. The van der Waals surface area contributed by atoms with Crippen LogP contribution in [0.1, 0.15) is 38.8 Å². The highest BCUT2D eigenvalue weighted by Gasteiger charge is 2.27. The molecule has 1 saturated heterocycles. The van der Waals surface area contributed by atoms with Crippen molar-refractivity contribution >= 4 is 10.0 Å². The Kier molecular flexibility index (Phi) is 5.78. The highest BCUT2D eigenvalue weighted by atomic mass is 32.2. The molecule has 1 aromatic rings. The Morgan fingerprint density at radius 2 is 2.05 bits per heavy atom. The average Bonchev–Trinajstić information content (AvgIpc) is 2.93. The summed E-state index contributed by atoms with van der Waals surface area (Å²) in [7, 11) is -3.03. The minimum Gasteiger partial charge on any atom is -0.308 e. The van der Waals surface area contributed by atoms with Gasteiger partial charge in [0.15, 0.2) is 0 Å². The number of nitrogens with zero attached hydrogens (tertiary/aromatic N) is 3. The smallest absolute Gasteiger partial charge is 0.214 e. The fourth-order valence-corrected chi connectivity index (χ4v) is 4.31. The van der Waals surface area contributed by atoms with Crippen molar-refractivity contribution < 1.29 is 8.42 Å². The molecule has 21 heavy (non-hydrogen) atoms. The van der Waals surface area contributed by atoms with Crippen molar-refractivity contribution in [1.82, 2.24) is 19.4 Å². The van der Waals surface area contributed by atoms with Crippen LogP contribution in [0.5, 0.6) is 0 Å².